The van der Waals surface area contributed by atoms with Crippen molar-refractivity contribution in [2.75, 3.05) is 51.9 Å². The Morgan fingerprint density at radius 1 is 1.13 bits per heavy atom. The third kappa shape index (κ3) is 6.82. The Bertz CT molecular complexity index is 677. The first-order chi connectivity index (χ1) is 14.2. The van der Waals surface area contributed by atoms with Crippen LogP contribution in [0.4, 0.5) is 0 Å². The highest BCUT2D eigenvalue weighted by Gasteiger charge is 2.38. The van der Waals surface area contributed by atoms with E-state index in [0.717, 1.165) is 31.0 Å². The Morgan fingerprint density at radius 3 is 2.50 bits per heavy atom. The monoisotopic (exact) mass is 548 g/mol. The average Bonchev–Trinajstić information content (AvgIpc) is 2.79. The van der Waals surface area contributed by atoms with Crippen LogP contribution in [-0.2, 0) is 6.42 Å². The Hall–Kier alpha value is -0.870. The molecule has 1 saturated carbocycles. The van der Waals surface area contributed by atoms with E-state index in [1.165, 1.54) is 62.3 Å². The smallest absolute Gasteiger partial charge is 0.188 e. The zero-order valence-electron chi connectivity index (χ0n) is 18.3. The maximum Gasteiger partial charge on any atom is 0.188 e. The van der Waals surface area contributed by atoms with Crippen LogP contribution in [0.3, 0.4) is 0 Å². The molecular weight excluding hydrogens is 511 g/mol. The molecule has 1 aliphatic heterocycles. The molecule has 1 aromatic rings. The molecule has 0 amide bonds. The van der Waals surface area contributed by atoms with Crippen LogP contribution >= 0.6 is 35.7 Å². The number of nitrogens with two attached hydrogens (primary N) is 1. The van der Waals surface area contributed by atoms with Crippen LogP contribution < -0.4 is 20.5 Å². The summed E-state index contributed by atoms with van der Waals surface area (Å²) in [7, 11) is 3.31. The lowest BCUT2D eigenvalue weighted by Crippen LogP contribution is -2.55. The standard InChI is InChI=1S/C22H36N4O2S.HI/c1-27-19-7-6-18(16-20(19)28-2)8-11-24-21(23)25-17-22(9-4-3-5-10-22)26-12-14-29-15-13-26;/h6-7,16H,3-5,8-15,17H2,1-2H3,(H3,23,24,25);1H. The summed E-state index contributed by atoms with van der Waals surface area (Å²) in [5, 5.41) is 3.29. The van der Waals surface area contributed by atoms with Gasteiger partial charge in [0.15, 0.2) is 17.5 Å². The van der Waals surface area contributed by atoms with Crippen LogP contribution in [0.15, 0.2) is 23.2 Å². The third-order valence-corrected chi connectivity index (χ3v) is 7.12. The van der Waals surface area contributed by atoms with Crippen LogP contribution in [0.2, 0.25) is 0 Å². The number of benzene rings is 1. The quantitative estimate of drug-likeness (QED) is 0.295. The van der Waals surface area contributed by atoms with Gasteiger partial charge in [-0.3, -0.25) is 9.89 Å². The number of hydrogen-bond donors (Lipinski definition) is 2. The van der Waals surface area contributed by atoms with E-state index in [1.54, 1.807) is 14.2 Å². The van der Waals surface area contributed by atoms with Crippen molar-refractivity contribution in [2.45, 2.75) is 44.1 Å². The highest BCUT2D eigenvalue weighted by molar-refractivity contribution is 14.0. The Labute approximate surface area is 202 Å². The van der Waals surface area contributed by atoms with E-state index >= 15 is 0 Å². The molecule has 30 heavy (non-hydrogen) atoms. The van der Waals surface area contributed by atoms with E-state index in [2.05, 4.69) is 28.0 Å². The second-order valence-corrected chi connectivity index (χ2v) is 9.18. The van der Waals surface area contributed by atoms with Crippen LogP contribution in [0.5, 0.6) is 11.5 Å². The molecule has 1 aliphatic carbocycles. The molecule has 1 heterocycles. The van der Waals surface area contributed by atoms with E-state index in [4.69, 9.17) is 20.2 Å². The van der Waals surface area contributed by atoms with Gasteiger partial charge in [0.25, 0.3) is 0 Å². The first kappa shape index (κ1) is 25.4. The second kappa shape index (κ2) is 12.9. The van der Waals surface area contributed by atoms with Gasteiger partial charge in [-0.05, 0) is 37.0 Å². The number of methoxy groups -OCH3 is 2. The molecule has 0 spiro atoms. The molecular formula is C22H37IN4O2S. The van der Waals surface area contributed by atoms with Gasteiger partial charge in [-0.25, -0.2) is 0 Å². The van der Waals surface area contributed by atoms with Crippen molar-refractivity contribution in [1.82, 2.24) is 10.2 Å². The summed E-state index contributed by atoms with van der Waals surface area (Å²) >= 11 is 2.07. The summed E-state index contributed by atoms with van der Waals surface area (Å²) in [6.45, 7) is 3.94. The van der Waals surface area contributed by atoms with Gasteiger partial charge in [-0.2, -0.15) is 11.8 Å². The minimum Gasteiger partial charge on any atom is -0.493 e. The zero-order valence-corrected chi connectivity index (χ0v) is 21.5. The van der Waals surface area contributed by atoms with Crippen molar-refractivity contribution in [3.8, 4) is 11.5 Å². The number of halogens is 1. The molecule has 1 aromatic carbocycles. The van der Waals surface area contributed by atoms with Crippen molar-refractivity contribution in [3.63, 3.8) is 0 Å². The predicted octanol–water partition coefficient (Wildman–Crippen LogP) is 3.52. The minimum atomic E-state index is 0. The van der Waals surface area contributed by atoms with Gasteiger partial charge in [0.1, 0.15) is 0 Å². The number of thioether (sulfide) groups is 1. The van der Waals surface area contributed by atoms with Crippen molar-refractivity contribution >= 4 is 41.7 Å². The van der Waals surface area contributed by atoms with Crippen LogP contribution in [-0.4, -0.2) is 68.3 Å². The second-order valence-electron chi connectivity index (χ2n) is 7.95. The number of rotatable bonds is 8. The highest BCUT2D eigenvalue weighted by atomic mass is 127. The van der Waals surface area contributed by atoms with E-state index < -0.39 is 0 Å². The van der Waals surface area contributed by atoms with Gasteiger partial charge in [-0.15, -0.1) is 24.0 Å². The normalized spacial score (nSPS) is 19.6. The third-order valence-electron chi connectivity index (χ3n) is 6.18. The summed E-state index contributed by atoms with van der Waals surface area (Å²) in [5.41, 5.74) is 7.61. The first-order valence-corrected chi connectivity index (χ1v) is 11.9. The lowest BCUT2D eigenvalue weighted by Gasteiger charge is -2.47. The van der Waals surface area contributed by atoms with Crippen molar-refractivity contribution < 1.29 is 9.47 Å². The Balaban J connectivity index is 0.00000320. The summed E-state index contributed by atoms with van der Waals surface area (Å²) in [6, 6.07) is 6.01. The summed E-state index contributed by atoms with van der Waals surface area (Å²) in [5.74, 6) is 4.54. The maximum atomic E-state index is 6.22. The van der Waals surface area contributed by atoms with Crippen molar-refractivity contribution in [1.29, 1.82) is 0 Å². The highest BCUT2D eigenvalue weighted by Crippen LogP contribution is 2.35. The minimum absolute atomic E-state index is 0. The van der Waals surface area contributed by atoms with Gasteiger partial charge >= 0.3 is 0 Å². The van der Waals surface area contributed by atoms with Crippen LogP contribution in [0, 0.1) is 0 Å². The van der Waals surface area contributed by atoms with E-state index in [9.17, 15) is 0 Å². The molecule has 3 N–H and O–H groups in total. The van der Waals surface area contributed by atoms with Crippen molar-refractivity contribution in [3.05, 3.63) is 23.8 Å². The summed E-state index contributed by atoms with van der Waals surface area (Å²) in [4.78, 5) is 7.48. The molecule has 0 aromatic heterocycles. The molecule has 2 fully saturated rings. The largest absolute Gasteiger partial charge is 0.493 e. The van der Waals surface area contributed by atoms with Gasteiger partial charge in [-0.1, -0.05) is 25.3 Å². The van der Waals surface area contributed by atoms with E-state index in [0.29, 0.717) is 5.96 Å². The van der Waals surface area contributed by atoms with Gasteiger partial charge in [0, 0.05) is 36.7 Å². The van der Waals surface area contributed by atoms with Gasteiger partial charge in [0.05, 0.1) is 20.8 Å². The molecule has 8 heteroatoms. The molecule has 0 bridgehead atoms. The molecule has 170 valence electrons. The molecule has 0 atom stereocenters. The molecule has 6 nitrogen and oxygen atoms in total. The van der Waals surface area contributed by atoms with Crippen molar-refractivity contribution in [2.24, 2.45) is 10.7 Å². The fourth-order valence-corrected chi connectivity index (χ4v) is 5.38. The molecule has 0 unspecified atom stereocenters. The number of ether oxygens (including phenoxy) is 2. The number of aliphatic imine (C=N–C) groups is 1. The van der Waals surface area contributed by atoms with E-state index in [1.807, 2.05) is 12.1 Å². The fraction of sp³-hybridized carbons (Fsp3) is 0.682. The lowest BCUT2D eigenvalue weighted by molar-refractivity contribution is 0.0672. The Kier molecular flexibility index (Phi) is 10.9. The number of nitrogens with one attached hydrogen (secondary N) is 1. The molecule has 1 saturated heterocycles. The SMILES string of the molecule is COc1ccc(CCNC(N)=NCC2(N3CCSCC3)CCCCC2)cc1OC.I. The van der Waals surface area contributed by atoms with Crippen LogP contribution in [0.1, 0.15) is 37.7 Å². The molecule has 0 radical (unpaired) electrons. The average molecular weight is 549 g/mol. The van der Waals surface area contributed by atoms with Gasteiger partial charge < -0.3 is 20.5 Å². The zero-order chi connectivity index (χ0) is 20.5. The number of guanidine groups is 1. The number of nitrogens with zero attached hydrogens (tertiary/aromatic N) is 2. The molecule has 2 aliphatic rings. The van der Waals surface area contributed by atoms with E-state index in [-0.39, 0.29) is 29.5 Å². The predicted molar refractivity (Wildman–Crippen MR) is 138 cm³/mol. The summed E-state index contributed by atoms with van der Waals surface area (Å²) in [6.07, 6.45) is 7.33. The van der Waals surface area contributed by atoms with Gasteiger partial charge in [0.2, 0.25) is 0 Å². The van der Waals surface area contributed by atoms with Crippen LogP contribution in [0.25, 0.3) is 0 Å². The number of hydrogen-bond acceptors (Lipinski definition) is 5. The Morgan fingerprint density at radius 2 is 1.83 bits per heavy atom. The lowest BCUT2D eigenvalue weighted by atomic mass is 9.80. The first-order valence-electron chi connectivity index (χ1n) is 10.7. The summed E-state index contributed by atoms with van der Waals surface area (Å²) < 4.78 is 10.7. The maximum absolute atomic E-state index is 6.22. The topological polar surface area (TPSA) is 72.1 Å². The fourth-order valence-electron chi connectivity index (χ4n) is 4.48. The molecule has 3 rings (SSSR count).